The number of benzene rings is 1. The minimum atomic E-state index is -0.563. The summed E-state index contributed by atoms with van der Waals surface area (Å²) >= 11 is 0. The molecule has 0 spiro atoms. The first-order chi connectivity index (χ1) is 10.4. The van der Waals surface area contributed by atoms with Crippen LogP contribution >= 0.6 is 0 Å². The van der Waals surface area contributed by atoms with E-state index in [0.717, 1.165) is 12.0 Å². The van der Waals surface area contributed by atoms with E-state index in [1.165, 1.54) is 17.0 Å². The third kappa shape index (κ3) is 5.13. The Morgan fingerprint density at radius 2 is 1.77 bits per heavy atom. The normalized spacial score (nSPS) is 13.3. The van der Waals surface area contributed by atoms with E-state index in [-0.39, 0.29) is 23.7 Å². The molecule has 4 nitrogen and oxygen atoms in total. The number of hydrogen-bond donors (Lipinski definition) is 1. The van der Waals surface area contributed by atoms with E-state index in [1.54, 1.807) is 26.0 Å². The van der Waals surface area contributed by atoms with E-state index in [1.807, 2.05) is 13.8 Å². The predicted octanol–water partition coefficient (Wildman–Crippen LogP) is 2.87. The molecule has 2 amide bonds. The minimum Gasteiger partial charge on any atom is -0.352 e. The fourth-order valence-electron chi connectivity index (χ4n) is 2.04. The van der Waals surface area contributed by atoms with Gasteiger partial charge in [-0.25, -0.2) is 4.39 Å². The number of carbonyl (C=O) groups is 2. The van der Waals surface area contributed by atoms with Gasteiger partial charge < -0.3 is 10.2 Å². The first-order valence-electron chi connectivity index (χ1n) is 7.73. The van der Waals surface area contributed by atoms with Crippen molar-refractivity contribution in [3.63, 3.8) is 0 Å². The van der Waals surface area contributed by atoms with Crippen LogP contribution in [0.25, 0.3) is 0 Å². The van der Waals surface area contributed by atoms with Gasteiger partial charge in [-0.05, 0) is 38.0 Å². The fourth-order valence-corrected chi connectivity index (χ4v) is 2.04. The third-order valence-electron chi connectivity index (χ3n) is 3.74. The second-order valence-corrected chi connectivity index (χ2v) is 5.50. The largest absolute Gasteiger partial charge is 0.352 e. The highest BCUT2D eigenvalue weighted by molar-refractivity contribution is 5.87. The molecule has 2 atom stereocenters. The van der Waals surface area contributed by atoms with Crippen molar-refractivity contribution in [1.82, 2.24) is 10.2 Å². The van der Waals surface area contributed by atoms with Gasteiger partial charge in [0.05, 0.1) is 0 Å². The first-order valence-corrected chi connectivity index (χ1v) is 7.73. The second-order valence-electron chi connectivity index (χ2n) is 5.50. The van der Waals surface area contributed by atoms with E-state index in [9.17, 15) is 14.0 Å². The van der Waals surface area contributed by atoms with Gasteiger partial charge in [0, 0.05) is 19.0 Å². The Labute approximate surface area is 131 Å². The van der Waals surface area contributed by atoms with Crippen LogP contribution < -0.4 is 5.32 Å². The maximum Gasteiger partial charge on any atom is 0.242 e. The molecule has 0 fully saturated rings. The van der Waals surface area contributed by atoms with E-state index >= 15 is 0 Å². The first kappa shape index (κ1) is 18.1. The highest BCUT2D eigenvalue weighted by atomic mass is 19.1. The Kier molecular flexibility index (Phi) is 7.02. The molecule has 0 aliphatic rings. The quantitative estimate of drug-likeness (QED) is 0.842. The van der Waals surface area contributed by atoms with Crippen molar-refractivity contribution in [2.75, 3.05) is 0 Å². The lowest BCUT2D eigenvalue weighted by molar-refractivity contribution is -0.140. The van der Waals surface area contributed by atoms with Gasteiger partial charge in [0.1, 0.15) is 11.9 Å². The molecule has 22 heavy (non-hydrogen) atoms. The molecule has 0 aromatic heterocycles. The monoisotopic (exact) mass is 308 g/mol. The van der Waals surface area contributed by atoms with Gasteiger partial charge in [-0.1, -0.05) is 26.0 Å². The van der Waals surface area contributed by atoms with Crippen molar-refractivity contribution < 1.29 is 14.0 Å². The molecule has 122 valence electrons. The summed E-state index contributed by atoms with van der Waals surface area (Å²) in [6.07, 6.45) is 1.15. The Bertz CT molecular complexity index is 502. The zero-order chi connectivity index (χ0) is 16.7. The summed E-state index contributed by atoms with van der Waals surface area (Å²) in [6.45, 7) is 7.69. The summed E-state index contributed by atoms with van der Waals surface area (Å²) in [5.41, 5.74) is 0.798. The number of hydrogen-bond acceptors (Lipinski definition) is 2. The fraction of sp³-hybridized carbons (Fsp3) is 0.529. The van der Waals surface area contributed by atoms with Crippen LogP contribution in [-0.4, -0.2) is 28.8 Å². The number of halogens is 1. The number of carbonyl (C=O) groups excluding carboxylic acids is 2. The summed E-state index contributed by atoms with van der Waals surface area (Å²) in [4.78, 5) is 25.9. The lowest BCUT2D eigenvalue weighted by atomic mass is 10.1. The molecule has 5 heteroatoms. The van der Waals surface area contributed by atoms with Gasteiger partial charge in [0.2, 0.25) is 11.8 Å². The Hall–Kier alpha value is -1.91. The van der Waals surface area contributed by atoms with E-state index in [2.05, 4.69) is 5.32 Å². The standard InChI is InChI=1S/C17H25FN2O2/c1-5-12(3)19-17(22)13(4)20(16(21)6-2)11-14-7-9-15(18)10-8-14/h7-10,12-13H,5-6,11H2,1-4H3,(H,19,22)/t12-,13-/m0/s1. The van der Waals surface area contributed by atoms with Crippen LogP contribution in [0.15, 0.2) is 24.3 Å². The molecule has 0 saturated heterocycles. The molecule has 1 aromatic rings. The average Bonchev–Trinajstić information content (AvgIpc) is 2.52. The van der Waals surface area contributed by atoms with E-state index in [4.69, 9.17) is 0 Å². The van der Waals surface area contributed by atoms with Crippen molar-refractivity contribution >= 4 is 11.8 Å². The zero-order valence-corrected chi connectivity index (χ0v) is 13.7. The highest BCUT2D eigenvalue weighted by Gasteiger charge is 2.25. The lowest BCUT2D eigenvalue weighted by Gasteiger charge is -2.29. The molecular weight excluding hydrogens is 283 g/mol. The Balaban J connectivity index is 2.85. The van der Waals surface area contributed by atoms with Crippen molar-refractivity contribution in [1.29, 1.82) is 0 Å². The SMILES string of the molecule is CCC(=O)N(Cc1ccc(F)cc1)[C@@H](C)C(=O)N[C@@H](C)CC. The minimum absolute atomic E-state index is 0.0688. The topological polar surface area (TPSA) is 49.4 Å². The van der Waals surface area contributed by atoms with Gasteiger partial charge in [0.25, 0.3) is 0 Å². The maximum atomic E-state index is 13.0. The van der Waals surface area contributed by atoms with Crippen LogP contribution in [0.4, 0.5) is 4.39 Å². The number of nitrogens with one attached hydrogen (secondary N) is 1. The molecule has 1 N–H and O–H groups in total. The van der Waals surface area contributed by atoms with Crippen LogP contribution in [0, 0.1) is 5.82 Å². The Morgan fingerprint density at radius 3 is 2.27 bits per heavy atom. The van der Waals surface area contributed by atoms with Crippen LogP contribution in [-0.2, 0) is 16.1 Å². The second kappa shape index (κ2) is 8.51. The molecule has 1 rings (SSSR count). The van der Waals surface area contributed by atoms with Gasteiger partial charge in [-0.3, -0.25) is 9.59 Å². The van der Waals surface area contributed by atoms with Crippen molar-refractivity contribution in [3.05, 3.63) is 35.6 Å². The molecule has 0 aliphatic heterocycles. The molecule has 0 aliphatic carbocycles. The Morgan fingerprint density at radius 1 is 1.18 bits per heavy atom. The summed E-state index contributed by atoms with van der Waals surface area (Å²) in [6, 6.07) is 5.47. The van der Waals surface area contributed by atoms with Crippen LogP contribution in [0.3, 0.4) is 0 Å². The molecule has 0 heterocycles. The number of amides is 2. The molecule has 0 radical (unpaired) electrons. The zero-order valence-electron chi connectivity index (χ0n) is 13.7. The number of rotatable bonds is 7. The van der Waals surface area contributed by atoms with Gasteiger partial charge in [-0.2, -0.15) is 0 Å². The van der Waals surface area contributed by atoms with Crippen molar-refractivity contribution in [2.45, 2.75) is 59.2 Å². The van der Waals surface area contributed by atoms with Crippen molar-refractivity contribution in [3.8, 4) is 0 Å². The van der Waals surface area contributed by atoms with Gasteiger partial charge >= 0.3 is 0 Å². The molecule has 0 saturated carbocycles. The number of nitrogens with zero attached hydrogens (tertiary/aromatic N) is 1. The molecule has 0 bridgehead atoms. The van der Waals surface area contributed by atoms with Gasteiger partial charge in [0.15, 0.2) is 0 Å². The highest BCUT2D eigenvalue weighted by Crippen LogP contribution is 2.12. The molecule has 0 unspecified atom stereocenters. The summed E-state index contributed by atoms with van der Waals surface area (Å²) in [5, 5.41) is 2.89. The summed E-state index contributed by atoms with van der Waals surface area (Å²) in [5.74, 6) is -0.589. The average molecular weight is 308 g/mol. The van der Waals surface area contributed by atoms with Crippen LogP contribution in [0.2, 0.25) is 0 Å². The lowest BCUT2D eigenvalue weighted by Crippen LogP contribution is -2.49. The summed E-state index contributed by atoms with van der Waals surface area (Å²) in [7, 11) is 0. The van der Waals surface area contributed by atoms with Crippen LogP contribution in [0.1, 0.15) is 46.1 Å². The summed E-state index contributed by atoms with van der Waals surface area (Å²) < 4.78 is 13.0. The molecular formula is C17H25FN2O2. The van der Waals surface area contributed by atoms with Crippen molar-refractivity contribution in [2.24, 2.45) is 0 Å². The van der Waals surface area contributed by atoms with E-state index in [0.29, 0.717) is 13.0 Å². The third-order valence-corrected chi connectivity index (χ3v) is 3.74. The maximum absolute atomic E-state index is 13.0. The molecule has 1 aromatic carbocycles. The van der Waals surface area contributed by atoms with Crippen LogP contribution in [0.5, 0.6) is 0 Å². The smallest absolute Gasteiger partial charge is 0.242 e. The van der Waals surface area contributed by atoms with Gasteiger partial charge in [-0.15, -0.1) is 0 Å². The van der Waals surface area contributed by atoms with E-state index < -0.39 is 6.04 Å². The predicted molar refractivity (Wildman–Crippen MR) is 84.6 cm³/mol.